The van der Waals surface area contributed by atoms with E-state index in [1.807, 2.05) is 21.1 Å². The van der Waals surface area contributed by atoms with E-state index < -0.39 is 20.0 Å². The van der Waals surface area contributed by atoms with Gasteiger partial charge in [0, 0.05) is 6.42 Å². The van der Waals surface area contributed by atoms with E-state index in [-0.39, 0.29) is 19.1 Å². The van der Waals surface area contributed by atoms with Crippen molar-refractivity contribution in [3.05, 3.63) is 24.3 Å². The number of hydrogen-bond donors (Lipinski definition) is 2. The molecule has 0 heterocycles. The summed E-state index contributed by atoms with van der Waals surface area (Å²) >= 11 is 0. The maximum atomic E-state index is 13.1. The molecule has 9 heteroatoms. The second-order valence-electron chi connectivity index (χ2n) is 26.7. The van der Waals surface area contributed by atoms with Crippen molar-refractivity contribution >= 4 is 13.7 Å². The summed E-state index contributed by atoms with van der Waals surface area (Å²) in [5.41, 5.74) is 0. The first kappa shape index (κ1) is 81.0. The molecule has 3 atom stereocenters. The molecular formula is C73H145N2O6P. The largest absolute Gasteiger partial charge is 0.756 e. The molecule has 2 N–H and O–H groups in total. The standard InChI is InChI=1S/C73H145N2O6P/c1-6-8-10-12-14-16-18-20-22-24-26-28-29-30-31-32-33-34-35-36-37-38-39-40-41-42-43-44-45-47-49-51-53-55-57-59-61-63-65-67-73(77)74-71(70-81-82(78,79)80-69-68-75(3,4)5)72(76)66-64-62-60-58-56-54-52-50-48-46-27-25-23-21-19-17-15-13-11-9-7-2/h33-34,36-37,71-72,76H,6-32,35,38-70H2,1-5H3,(H-,74,77,78,79)/b34-33-,37-36-. The molecule has 3 unspecified atom stereocenters. The lowest BCUT2D eigenvalue weighted by molar-refractivity contribution is -0.870. The van der Waals surface area contributed by atoms with Crippen molar-refractivity contribution in [3.63, 3.8) is 0 Å². The van der Waals surface area contributed by atoms with E-state index in [0.717, 1.165) is 44.9 Å². The first-order valence-electron chi connectivity index (χ1n) is 36.7. The number of phosphoric acid groups is 1. The van der Waals surface area contributed by atoms with Gasteiger partial charge in [-0.05, 0) is 44.9 Å². The molecule has 0 fully saturated rings. The van der Waals surface area contributed by atoms with Gasteiger partial charge in [-0.2, -0.15) is 0 Å². The van der Waals surface area contributed by atoms with Crippen LogP contribution in [0.4, 0.5) is 0 Å². The van der Waals surface area contributed by atoms with Gasteiger partial charge in [-0.1, -0.05) is 359 Å². The molecule has 0 spiro atoms. The smallest absolute Gasteiger partial charge is 0.268 e. The van der Waals surface area contributed by atoms with Gasteiger partial charge in [0.25, 0.3) is 7.82 Å². The van der Waals surface area contributed by atoms with Crippen molar-refractivity contribution < 1.29 is 32.9 Å². The third-order valence-electron chi connectivity index (χ3n) is 17.2. The lowest BCUT2D eigenvalue weighted by Gasteiger charge is -2.30. The number of carbonyl (C=O) groups excluding carboxylic acids is 1. The maximum Gasteiger partial charge on any atom is 0.268 e. The van der Waals surface area contributed by atoms with E-state index in [9.17, 15) is 19.4 Å². The van der Waals surface area contributed by atoms with Gasteiger partial charge < -0.3 is 28.8 Å². The number of rotatable bonds is 69. The molecule has 1 amide bonds. The van der Waals surface area contributed by atoms with Crippen LogP contribution in [0.1, 0.15) is 386 Å². The van der Waals surface area contributed by atoms with E-state index in [2.05, 4.69) is 43.5 Å². The monoisotopic (exact) mass is 1180 g/mol. The highest BCUT2D eigenvalue weighted by Gasteiger charge is 2.24. The van der Waals surface area contributed by atoms with Gasteiger partial charge >= 0.3 is 0 Å². The number of aliphatic hydroxyl groups excluding tert-OH is 1. The Hall–Kier alpha value is -1.02. The van der Waals surface area contributed by atoms with E-state index in [4.69, 9.17) is 9.05 Å². The number of phosphoric ester groups is 1. The van der Waals surface area contributed by atoms with Gasteiger partial charge in [-0.25, -0.2) is 0 Å². The molecule has 0 aliphatic carbocycles. The van der Waals surface area contributed by atoms with Gasteiger partial charge in [0.1, 0.15) is 13.2 Å². The van der Waals surface area contributed by atoms with Crippen molar-refractivity contribution in [1.82, 2.24) is 5.32 Å². The second-order valence-corrected chi connectivity index (χ2v) is 28.1. The van der Waals surface area contributed by atoms with Crippen LogP contribution in [-0.4, -0.2) is 68.5 Å². The van der Waals surface area contributed by atoms with Gasteiger partial charge in [0.05, 0.1) is 39.9 Å². The fourth-order valence-electron chi connectivity index (χ4n) is 11.5. The molecule has 0 aromatic carbocycles. The summed E-state index contributed by atoms with van der Waals surface area (Å²) in [6, 6.07) is -0.800. The topological polar surface area (TPSA) is 108 Å². The highest BCUT2D eigenvalue weighted by atomic mass is 31.2. The SMILES string of the molecule is CCCCCCCCCCCCCCCCC/C=C\C/C=C\CCCCCCCCCCCCCCCCCCCC(=O)NC(COP(=O)([O-])OCC[N+](C)(C)C)C(O)CCCCCCCCCCCCCCCCCCCCCCC. The van der Waals surface area contributed by atoms with E-state index in [1.165, 1.54) is 315 Å². The molecule has 488 valence electrons. The predicted molar refractivity (Wildman–Crippen MR) is 358 cm³/mol. The Morgan fingerprint density at radius 1 is 0.427 bits per heavy atom. The van der Waals surface area contributed by atoms with Crippen LogP contribution in [-0.2, 0) is 18.4 Å². The quantitative estimate of drug-likeness (QED) is 0.0272. The number of nitrogens with zero attached hydrogens (tertiary/aromatic N) is 1. The number of allylic oxidation sites excluding steroid dienone is 4. The van der Waals surface area contributed by atoms with Crippen LogP contribution in [0.2, 0.25) is 0 Å². The molecule has 0 bridgehead atoms. The molecule has 0 aliphatic rings. The average molecular weight is 1180 g/mol. The van der Waals surface area contributed by atoms with Gasteiger partial charge in [0.2, 0.25) is 5.91 Å². The number of unbranched alkanes of at least 4 members (excludes halogenated alkanes) is 52. The summed E-state index contributed by atoms with van der Waals surface area (Å²) in [6.07, 6.45) is 84.2. The maximum absolute atomic E-state index is 13.1. The number of carbonyl (C=O) groups is 1. The summed E-state index contributed by atoms with van der Waals surface area (Å²) in [5, 5.41) is 14.1. The van der Waals surface area contributed by atoms with Crippen LogP contribution in [0.3, 0.4) is 0 Å². The molecule has 0 rings (SSSR count). The summed E-state index contributed by atoms with van der Waals surface area (Å²) in [4.78, 5) is 25.7. The summed E-state index contributed by atoms with van der Waals surface area (Å²) in [7, 11) is 1.32. The molecule has 0 aliphatic heterocycles. The van der Waals surface area contributed by atoms with Crippen molar-refractivity contribution in [3.8, 4) is 0 Å². The van der Waals surface area contributed by atoms with Crippen LogP contribution in [0.15, 0.2) is 24.3 Å². The average Bonchev–Trinajstić information content (AvgIpc) is 3.46. The number of quaternary nitrogens is 1. The van der Waals surface area contributed by atoms with Crippen LogP contribution >= 0.6 is 7.82 Å². The van der Waals surface area contributed by atoms with Gasteiger partial charge in [-0.15, -0.1) is 0 Å². The number of likely N-dealkylation sites (N-methyl/N-ethyl adjacent to an activating group) is 1. The zero-order valence-electron chi connectivity index (χ0n) is 56.0. The Morgan fingerprint density at radius 3 is 1.01 bits per heavy atom. The molecule has 82 heavy (non-hydrogen) atoms. The predicted octanol–water partition coefficient (Wildman–Crippen LogP) is 22.8. The normalized spacial score (nSPS) is 13.7. The number of amides is 1. The number of aliphatic hydroxyl groups is 1. The van der Waals surface area contributed by atoms with Gasteiger partial charge in [-0.3, -0.25) is 9.36 Å². The van der Waals surface area contributed by atoms with Gasteiger partial charge in [0.15, 0.2) is 0 Å². The van der Waals surface area contributed by atoms with E-state index in [0.29, 0.717) is 23.9 Å². The summed E-state index contributed by atoms with van der Waals surface area (Å²) in [6.45, 7) is 4.79. The first-order chi connectivity index (χ1) is 40.0. The number of nitrogens with one attached hydrogen (secondary N) is 1. The minimum absolute atomic E-state index is 0.0147. The molecule has 0 aromatic rings. The lowest BCUT2D eigenvalue weighted by Crippen LogP contribution is -2.46. The minimum atomic E-state index is -4.58. The highest BCUT2D eigenvalue weighted by molar-refractivity contribution is 7.45. The summed E-state index contributed by atoms with van der Waals surface area (Å²) < 4.78 is 23.5. The Bertz CT molecular complexity index is 1390. The van der Waals surface area contributed by atoms with Crippen molar-refractivity contribution in [1.29, 1.82) is 0 Å². The molecular weight excluding hydrogens is 1030 g/mol. The van der Waals surface area contributed by atoms with Crippen LogP contribution < -0.4 is 10.2 Å². The fourth-order valence-corrected chi connectivity index (χ4v) is 12.2. The van der Waals surface area contributed by atoms with Crippen molar-refractivity contribution in [2.45, 2.75) is 398 Å². The lowest BCUT2D eigenvalue weighted by atomic mass is 10.0. The fraction of sp³-hybridized carbons (Fsp3) is 0.932. The van der Waals surface area contributed by atoms with E-state index in [1.54, 1.807) is 0 Å². The Labute approximate surface area is 513 Å². The zero-order chi connectivity index (χ0) is 59.8. The first-order valence-corrected chi connectivity index (χ1v) is 38.1. The Balaban J connectivity index is 3.92. The van der Waals surface area contributed by atoms with Crippen LogP contribution in [0.5, 0.6) is 0 Å². The molecule has 0 radical (unpaired) electrons. The molecule has 0 saturated carbocycles. The molecule has 0 saturated heterocycles. The Kier molecular flexibility index (Phi) is 63.7. The summed E-state index contributed by atoms with van der Waals surface area (Å²) in [5.74, 6) is -0.157. The highest BCUT2D eigenvalue weighted by Crippen LogP contribution is 2.38. The molecule has 0 aromatic heterocycles. The van der Waals surface area contributed by atoms with Crippen molar-refractivity contribution in [2.24, 2.45) is 0 Å². The molecule has 8 nitrogen and oxygen atoms in total. The third-order valence-corrected chi connectivity index (χ3v) is 18.2. The van der Waals surface area contributed by atoms with Crippen LogP contribution in [0, 0.1) is 0 Å². The van der Waals surface area contributed by atoms with Crippen molar-refractivity contribution in [2.75, 3.05) is 40.9 Å². The zero-order valence-corrected chi connectivity index (χ0v) is 56.9. The third kappa shape index (κ3) is 66.5. The second kappa shape index (κ2) is 64.5. The van der Waals surface area contributed by atoms with E-state index >= 15 is 0 Å². The number of hydrogen-bond acceptors (Lipinski definition) is 6. The minimum Gasteiger partial charge on any atom is -0.756 e. The van der Waals surface area contributed by atoms with Crippen LogP contribution in [0.25, 0.3) is 0 Å². The Morgan fingerprint density at radius 2 is 0.707 bits per heavy atom.